The van der Waals surface area contributed by atoms with Gasteiger partial charge in [0, 0.05) is 36.6 Å². The van der Waals surface area contributed by atoms with Crippen LogP contribution in [0.25, 0.3) is 0 Å². The van der Waals surface area contributed by atoms with Gasteiger partial charge in [0.05, 0.1) is 6.54 Å². The van der Waals surface area contributed by atoms with E-state index in [2.05, 4.69) is 17.2 Å². The third-order valence-corrected chi connectivity index (χ3v) is 4.33. The Hall–Kier alpha value is -2.34. The van der Waals surface area contributed by atoms with Gasteiger partial charge in [-0.1, -0.05) is 12.1 Å². The lowest BCUT2D eigenvalue weighted by Gasteiger charge is -2.25. The number of pyridine rings is 1. The van der Waals surface area contributed by atoms with Gasteiger partial charge in [0.1, 0.15) is 0 Å². The SMILES string of the molecule is BNc1ccn(CC(=O)c2ccc3c(c2)CN(C)CC3)c(=O)c1. The van der Waals surface area contributed by atoms with Crippen molar-refractivity contribution in [2.24, 2.45) is 0 Å². The Balaban J connectivity index is 1.81. The largest absolute Gasteiger partial charge is 0.434 e. The molecule has 0 saturated carbocycles. The molecule has 0 spiro atoms. The standard InChI is InChI=1S/C17H20BN3O2/c1-20-6-4-12-2-3-13(8-14(12)10-20)16(22)11-21-7-5-15(19-18)9-17(21)23/h2-3,5,7-9,19H,4,6,10-11,18H2,1H3. The van der Waals surface area contributed by atoms with Crippen molar-refractivity contribution >= 4 is 19.5 Å². The molecule has 1 aromatic heterocycles. The van der Waals surface area contributed by atoms with E-state index in [4.69, 9.17) is 0 Å². The van der Waals surface area contributed by atoms with Crippen molar-refractivity contribution < 1.29 is 4.79 Å². The number of carbonyl (C=O) groups excluding carboxylic acids is 1. The minimum atomic E-state index is -0.178. The summed E-state index contributed by atoms with van der Waals surface area (Å²) in [6.07, 6.45) is 2.67. The second kappa shape index (κ2) is 6.42. The molecule has 0 unspecified atom stereocenters. The zero-order valence-electron chi connectivity index (χ0n) is 13.5. The molecule has 0 aliphatic carbocycles. The average Bonchev–Trinajstić information content (AvgIpc) is 2.55. The van der Waals surface area contributed by atoms with E-state index in [-0.39, 0.29) is 17.9 Å². The summed E-state index contributed by atoms with van der Waals surface area (Å²) in [6, 6.07) is 9.17. The van der Waals surface area contributed by atoms with E-state index in [1.54, 1.807) is 20.2 Å². The minimum absolute atomic E-state index is 0.0414. The molecule has 0 amide bonds. The number of nitrogens with zero attached hydrogens (tertiary/aromatic N) is 2. The Labute approximate surface area is 136 Å². The zero-order chi connectivity index (χ0) is 16.4. The molecule has 23 heavy (non-hydrogen) atoms. The number of fused-ring (bicyclic) bond motifs is 1. The first-order valence-corrected chi connectivity index (χ1v) is 7.78. The van der Waals surface area contributed by atoms with Gasteiger partial charge in [-0.25, -0.2) is 0 Å². The van der Waals surface area contributed by atoms with Crippen LogP contribution in [0.15, 0.2) is 41.3 Å². The van der Waals surface area contributed by atoms with Crippen LogP contribution >= 0.6 is 0 Å². The number of Topliss-reactive ketones (excluding diaryl/α,β-unsaturated/α-hetero) is 1. The number of anilines is 1. The fraction of sp³-hybridized carbons (Fsp3) is 0.294. The fourth-order valence-electron chi connectivity index (χ4n) is 2.91. The number of hydrogen-bond acceptors (Lipinski definition) is 4. The van der Waals surface area contributed by atoms with Crippen LogP contribution < -0.4 is 10.8 Å². The summed E-state index contributed by atoms with van der Waals surface area (Å²) in [5, 5.41) is 2.92. The Kier molecular flexibility index (Phi) is 4.34. The van der Waals surface area contributed by atoms with Gasteiger partial charge in [0.15, 0.2) is 5.78 Å². The lowest BCUT2D eigenvalue weighted by atomic mass is 9.96. The molecular formula is C17H20BN3O2. The van der Waals surface area contributed by atoms with Crippen LogP contribution in [0.2, 0.25) is 0 Å². The number of carbonyl (C=O) groups is 1. The van der Waals surface area contributed by atoms with Crippen LogP contribution in [0.5, 0.6) is 0 Å². The Morgan fingerprint density at radius 3 is 2.83 bits per heavy atom. The highest BCUT2D eigenvalue weighted by molar-refractivity contribution is 6.15. The lowest BCUT2D eigenvalue weighted by molar-refractivity contribution is 0.0970. The second-order valence-corrected chi connectivity index (χ2v) is 6.03. The first-order valence-electron chi connectivity index (χ1n) is 7.78. The van der Waals surface area contributed by atoms with Gasteiger partial charge in [0.25, 0.3) is 5.56 Å². The summed E-state index contributed by atoms with van der Waals surface area (Å²) in [4.78, 5) is 26.8. The number of benzene rings is 1. The predicted molar refractivity (Wildman–Crippen MR) is 93.7 cm³/mol. The lowest BCUT2D eigenvalue weighted by Crippen LogP contribution is -2.27. The molecule has 0 radical (unpaired) electrons. The normalized spacial score (nSPS) is 14.3. The first kappa shape index (κ1) is 15.6. The first-order chi connectivity index (χ1) is 11.1. The van der Waals surface area contributed by atoms with Crippen molar-refractivity contribution in [3.63, 3.8) is 0 Å². The highest BCUT2D eigenvalue weighted by Gasteiger charge is 2.16. The van der Waals surface area contributed by atoms with Crippen molar-refractivity contribution in [3.8, 4) is 0 Å². The average molecular weight is 309 g/mol. The van der Waals surface area contributed by atoms with Gasteiger partial charge in [0.2, 0.25) is 7.98 Å². The second-order valence-electron chi connectivity index (χ2n) is 6.03. The molecule has 2 aromatic rings. The summed E-state index contributed by atoms with van der Waals surface area (Å²) in [5.74, 6) is -0.0414. The fourth-order valence-corrected chi connectivity index (χ4v) is 2.91. The quantitative estimate of drug-likeness (QED) is 0.666. The van der Waals surface area contributed by atoms with E-state index in [1.807, 2.05) is 18.2 Å². The van der Waals surface area contributed by atoms with Gasteiger partial charge in [-0.3, -0.25) is 9.59 Å². The van der Waals surface area contributed by atoms with Crippen LogP contribution in [0, 0.1) is 0 Å². The molecule has 0 saturated heterocycles. The molecule has 0 atom stereocenters. The molecule has 1 aromatic carbocycles. The third kappa shape index (κ3) is 3.37. The minimum Gasteiger partial charge on any atom is -0.434 e. The molecular weight excluding hydrogens is 289 g/mol. The van der Waals surface area contributed by atoms with Gasteiger partial charge >= 0.3 is 0 Å². The highest BCUT2D eigenvalue weighted by Crippen LogP contribution is 2.20. The summed E-state index contributed by atoms with van der Waals surface area (Å²) < 4.78 is 1.44. The van der Waals surface area contributed by atoms with Crippen LogP contribution in [0.4, 0.5) is 5.69 Å². The van der Waals surface area contributed by atoms with Gasteiger partial charge in [-0.05, 0) is 36.7 Å². The molecule has 1 aliphatic heterocycles. The van der Waals surface area contributed by atoms with Crippen LogP contribution in [-0.4, -0.2) is 36.8 Å². The number of ketones is 1. The summed E-state index contributed by atoms with van der Waals surface area (Å²) >= 11 is 0. The van der Waals surface area contributed by atoms with Gasteiger partial charge < -0.3 is 14.7 Å². The maximum atomic E-state index is 12.5. The number of likely N-dealkylation sites (N-methyl/N-ethyl adjacent to an activating group) is 1. The van der Waals surface area contributed by atoms with E-state index < -0.39 is 0 Å². The van der Waals surface area contributed by atoms with E-state index in [0.717, 1.165) is 25.2 Å². The predicted octanol–water partition coefficient (Wildman–Crippen LogP) is 0.679. The van der Waals surface area contributed by atoms with E-state index >= 15 is 0 Å². The molecule has 5 nitrogen and oxygen atoms in total. The molecule has 118 valence electrons. The number of rotatable bonds is 4. The third-order valence-electron chi connectivity index (χ3n) is 4.33. The van der Waals surface area contributed by atoms with E-state index in [0.29, 0.717) is 5.56 Å². The van der Waals surface area contributed by atoms with Crippen molar-refractivity contribution in [3.05, 3.63) is 63.6 Å². The van der Waals surface area contributed by atoms with E-state index in [9.17, 15) is 9.59 Å². The molecule has 3 rings (SSSR count). The Morgan fingerprint density at radius 2 is 2.09 bits per heavy atom. The molecule has 1 N–H and O–H groups in total. The molecule has 1 aliphatic rings. The van der Waals surface area contributed by atoms with Crippen molar-refractivity contribution in [1.82, 2.24) is 9.47 Å². The molecule has 0 bridgehead atoms. The van der Waals surface area contributed by atoms with Crippen molar-refractivity contribution in [1.29, 1.82) is 0 Å². The Bertz CT molecular complexity index is 801. The van der Waals surface area contributed by atoms with Crippen LogP contribution in [0.1, 0.15) is 21.5 Å². The number of hydrogen-bond donors (Lipinski definition) is 1. The van der Waals surface area contributed by atoms with Crippen molar-refractivity contribution in [2.45, 2.75) is 19.5 Å². The molecule has 2 heterocycles. The summed E-state index contributed by atoms with van der Waals surface area (Å²) in [5.41, 5.74) is 3.76. The highest BCUT2D eigenvalue weighted by atomic mass is 16.1. The summed E-state index contributed by atoms with van der Waals surface area (Å²) in [6.45, 7) is 1.98. The van der Waals surface area contributed by atoms with Crippen LogP contribution in [0.3, 0.4) is 0 Å². The van der Waals surface area contributed by atoms with Crippen molar-refractivity contribution in [2.75, 3.05) is 18.8 Å². The Morgan fingerprint density at radius 1 is 1.26 bits per heavy atom. The topological polar surface area (TPSA) is 54.3 Å². The monoisotopic (exact) mass is 309 g/mol. The van der Waals surface area contributed by atoms with Gasteiger partial charge in [-0.2, -0.15) is 0 Å². The van der Waals surface area contributed by atoms with E-state index in [1.165, 1.54) is 21.8 Å². The number of aromatic nitrogens is 1. The smallest absolute Gasteiger partial charge is 0.252 e. The van der Waals surface area contributed by atoms with Crippen LogP contribution in [-0.2, 0) is 19.5 Å². The summed E-state index contributed by atoms with van der Waals surface area (Å²) in [7, 11) is 3.84. The number of nitrogens with one attached hydrogen (secondary N) is 1. The maximum Gasteiger partial charge on any atom is 0.252 e. The van der Waals surface area contributed by atoms with Gasteiger partial charge in [-0.15, -0.1) is 0 Å². The zero-order valence-corrected chi connectivity index (χ0v) is 13.5. The molecule has 0 fully saturated rings. The molecule has 6 heteroatoms. The maximum absolute atomic E-state index is 12.5.